The summed E-state index contributed by atoms with van der Waals surface area (Å²) < 4.78 is 12.7. The summed E-state index contributed by atoms with van der Waals surface area (Å²) in [6.45, 7) is 0. The first-order chi connectivity index (χ1) is 27.7. The Bertz CT molecular complexity index is 3170. The van der Waals surface area contributed by atoms with Gasteiger partial charge in [0.25, 0.3) is 0 Å². The highest BCUT2D eigenvalue weighted by Crippen LogP contribution is 2.39. The van der Waals surface area contributed by atoms with E-state index in [1.54, 1.807) is 0 Å². The molecule has 0 fully saturated rings. The molecule has 0 aliphatic rings. The summed E-state index contributed by atoms with van der Waals surface area (Å²) in [5, 5.41) is 4.00. The number of nitrogens with zero attached hydrogens (tertiary/aromatic N) is 4. The standard InChI is InChI=1S/C50H30N4O2/c1-5-13-31(14-6-1)37-26-38(32-15-7-2-8-16-32)28-40(27-37)49-53-47(33-17-9-3-10-18-33)52-48(54-49)36-22-21-35-29-41-44(30-39(35)25-36)55-42-23-24-43-46(45(41)42)51-50(56-43)34-19-11-4-12-20-34/h1-30H. The molecule has 0 aliphatic carbocycles. The number of oxazole rings is 1. The monoisotopic (exact) mass is 718 g/mol. The Morgan fingerprint density at radius 2 is 0.839 bits per heavy atom. The lowest BCUT2D eigenvalue weighted by Gasteiger charge is -2.12. The Hall–Kier alpha value is -7.70. The molecular formula is C50H30N4O2. The average Bonchev–Trinajstić information content (AvgIpc) is 3.88. The molecule has 11 aromatic rings. The van der Waals surface area contributed by atoms with Crippen LogP contribution in [0.1, 0.15) is 0 Å². The lowest BCUT2D eigenvalue weighted by atomic mass is 9.96. The normalized spacial score (nSPS) is 11.6. The van der Waals surface area contributed by atoms with Gasteiger partial charge in [-0.2, -0.15) is 0 Å². The van der Waals surface area contributed by atoms with Gasteiger partial charge in [0.05, 0.1) is 5.39 Å². The Balaban J connectivity index is 1.07. The first-order valence-electron chi connectivity index (χ1n) is 18.5. The van der Waals surface area contributed by atoms with Gasteiger partial charge >= 0.3 is 0 Å². The quantitative estimate of drug-likeness (QED) is 0.170. The number of furan rings is 1. The minimum Gasteiger partial charge on any atom is -0.456 e. The van der Waals surface area contributed by atoms with Crippen molar-refractivity contribution in [3.8, 4) is 67.9 Å². The van der Waals surface area contributed by atoms with Crippen LogP contribution in [0.25, 0.3) is 112 Å². The highest BCUT2D eigenvalue weighted by molar-refractivity contribution is 6.19. The van der Waals surface area contributed by atoms with Gasteiger partial charge in [0.2, 0.25) is 5.89 Å². The van der Waals surface area contributed by atoms with Crippen LogP contribution in [-0.2, 0) is 0 Å². The fourth-order valence-corrected chi connectivity index (χ4v) is 7.54. The van der Waals surface area contributed by atoms with Crippen LogP contribution in [-0.4, -0.2) is 19.9 Å². The number of fused-ring (bicyclic) bond motifs is 6. The molecule has 3 heterocycles. The van der Waals surface area contributed by atoms with E-state index in [1.807, 2.05) is 84.9 Å². The Morgan fingerprint density at radius 3 is 1.48 bits per heavy atom. The van der Waals surface area contributed by atoms with Crippen molar-refractivity contribution in [3.05, 3.63) is 182 Å². The molecule has 262 valence electrons. The van der Waals surface area contributed by atoms with E-state index in [0.29, 0.717) is 23.4 Å². The predicted molar refractivity (Wildman–Crippen MR) is 225 cm³/mol. The second-order valence-corrected chi connectivity index (χ2v) is 13.9. The van der Waals surface area contributed by atoms with Crippen molar-refractivity contribution in [1.29, 1.82) is 0 Å². The number of aromatic nitrogens is 4. The number of rotatable bonds is 6. The van der Waals surface area contributed by atoms with E-state index < -0.39 is 0 Å². The minimum atomic E-state index is 0.586. The fourth-order valence-electron chi connectivity index (χ4n) is 7.54. The molecule has 11 rings (SSSR count). The summed E-state index contributed by atoms with van der Waals surface area (Å²) in [6.07, 6.45) is 0. The van der Waals surface area contributed by atoms with Crippen LogP contribution < -0.4 is 0 Å². The highest BCUT2D eigenvalue weighted by Gasteiger charge is 2.19. The third-order valence-electron chi connectivity index (χ3n) is 10.3. The van der Waals surface area contributed by atoms with Crippen LogP contribution in [0.3, 0.4) is 0 Å². The van der Waals surface area contributed by atoms with Crippen LogP contribution in [0.15, 0.2) is 191 Å². The van der Waals surface area contributed by atoms with Crippen molar-refractivity contribution in [2.75, 3.05) is 0 Å². The van der Waals surface area contributed by atoms with E-state index in [-0.39, 0.29) is 0 Å². The number of benzene rings is 8. The summed E-state index contributed by atoms with van der Waals surface area (Å²) in [5.74, 6) is 2.38. The molecule has 3 aromatic heterocycles. The lowest BCUT2D eigenvalue weighted by Crippen LogP contribution is -2.00. The molecule has 0 bridgehead atoms. The molecule has 0 aliphatic heterocycles. The van der Waals surface area contributed by atoms with E-state index in [4.69, 9.17) is 28.8 Å². The van der Waals surface area contributed by atoms with Crippen LogP contribution in [0.5, 0.6) is 0 Å². The van der Waals surface area contributed by atoms with Gasteiger partial charge in [0, 0.05) is 27.6 Å². The topological polar surface area (TPSA) is 77.8 Å². The second kappa shape index (κ2) is 13.0. The van der Waals surface area contributed by atoms with E-state index in [9.17, 15) is 0 Å². The maximum Gasteiger partial charge on any atom is 0.227 e. The summed E-state index contributed by atoms with van der Waals surface area (Å²) in [5.41, 5.74) is 11.1. The molecule has 56 heavy (non-hydrogen) atoms. The van der Waals surface area contributed by atoms with E-state index in [0.717, 1.165) is 88.3 Å². The molecule has 0 amide bonds. The van der Waals surface area contributed by atoms with Crippen molar-refractivity contribution in [2.45, 2.75) is 0 Å². The minimum absolute atomic E-state index is 0.586. The largest absolute Gasteiger partial charge is 0.456 e. The van der Waals surface area contributed by atoms with Crippen LogP contribution in [0, 0.1) is 0 Å². The SMILES string of the molecule is c1ccc(-c2cc(-c3ccccc3)cc(-c3nc(-c4ccccc4)nc(-c4ccc5cc6c(cc5c4)oc4ccc5oc(-c7ccccc7)nc5c46)n3)c2)cc1. The Labute approximate surface area is 321 Å². The van der Waals surface area contributed by atoms with E-state index >= 15 is 0 Å². The Kier molecular flexibility index (Phi) is 7.38. The van der Waals surface area contributed by atoms with Gasteiger partial charge in [0.15, 0.2) is 23.1 Å². The molecule has 0 unspecified atom stereocenters. The van der Waals surface area contributed by atoms with Crippen molar-refractivity contribution < 1.29 is 8.83 Å². The lowest BCUT2D eigenvalue weighted by molar-refractivity contribution is 0.619. The third kappa shape index (κ3) is 5.60. The summed E-state index contributed by atoms with van der Waals surface area (Å²) in [7, 11) is 0. The smallest absolute Gasteiger partial charge is 0.227 e. The van der Waals surface area contributed by atoms with Crippen molar-refractivity contribution in [2.24, 2.45) is 0 Å². The molecule has 0 saturated carbocycles. The zero-order valence-electron chi connectivity index (χ0n) is 29.9. The molecule has 0 radical (unpaired) electrons. The first-order valence-corrected chi connectivity index (χ1v) is 18.5. The molecule has 6 heteroatoms. The fraction of sp³-hybridized carbons (Fsp3) is 0. The zero-order valence-corrected chi connectivity index (χ0v) is 29.9. The Morgan fingerprint density at radius 1 is 0.304 bits per heavy atom. The van der Waals surface area contributed by atoms with Crippen LogP contribution in [0.2, 0.25) is 0 Å². The zero-order chi connectivity index (χ0) is 37.0. The van der Waals surface area contributed by atoms with Gasteiger partial charge in [-0.3, -0.25) is 0 Å². The molecule has 0 atom stereocenters. The molecule has 0 spiro atoms. The number of hydrogen-bond donors (Lipinski definition) is 0. The van der Waals surface area contributed by atoms with Crippen LogP contribution in [0.4, 0.5) is 0 Å². The average molecular weight is 719 g/mol. The number of hydrogen-bond acceptors (Lipinski definition) is 6. The maximum absolute atomic E-state index is 6.46. The summed E-state index contributed by atoms with van der Waals surface area (Å²) in [6, 6.07) is 61.9. The van der Waals surface area contributed by atoms with Gasteiger partial charge < -0.3 is 8.83 Å². The maximum atomic E-state index is 6.46. The van der Waals surface area contributed by atoms with Gasteiger partial charge in [-0.25, -0.2) is 19.9 Å². The van der Waals surface area contributed by atoms with Crippen molar-refractivity contribution >= 4 is 43.8 Å². The van der Waals surface area contributed by atoms with Gasteiger partial charge in [-0.1, -0.05) is 121 Å². The predicted octanol–water partition coefficient (Wildman–Crippen LogP) is 13.1. The molecule has 0 N–H and O–H groups in total. The molecule has 8 aromatic carbocycles. The van der Waals surface area contributed by atoms with Crippen LogP contribution >= 0.6 is 0 Å². The van der Waals surface area contributed by atoms with E-state index in [1.165, 1.54) is 0 Å². The van der Waals surface area contributed by atoms with Gasteiger partial charge in [-0.05, 0) is 93.7 Å². The van der Waals surface area contributed by atoms with Crippen molar-refractivity contribution in [3.63, 3.8) is 0 Å². The second-order valence-electron chi connectivity index (χ2n) is 13.9. The molecule has 0 saturated heterocycles. The van der Waals surface area contributed by atoms with E-state index in [2.05, 4.69) is 97.1 Å². The highest BCUT2D eigenvalue weighted by atomic mass is 16.4. The molecule has 6 nitrogen and oxygen atoms in total. The summed E-state index contributed by atoms with van der Waals surface area (Å²) in [4.78, 5) is 20.3. The third-order valence-corrected chi connectivity index (χ3v) is 10.3. The van der Waals surface area contributed by atoms with Crippen molar-refractivity contribution in [1.82, 2.24) is 19.9 Å². The summed E-state index contributed by atoms with van der Waals surface area (Å²) >= 11 is 0. The first kappa shape index (κ1) is 31.8. The molecular weight excluding hydrogens is 689 g/mol. The van der Waals surface area contributed by atoms with Gasteiger partial charge in [0.1, 0.15) is 16.7 Å². The van der Waals surface area contributed by atoms with Gasteiger partial charge in [-0.15, -0.1) is 0 Å².